The minimum Gasteiger partial charge on any atom is -0.404 e. The highest BCUT2D eigenvalue weighted by Gasteiger charge is 3.15. The Morgan fingerprint density at radius 2 is 0.431 bits per heavy atom. The molecule has 6 bridgehead atoms. The maximum absolute atomic E-state index is 8.63. The van der Waals surface area contributed by atoms with Crippen LogP contribution in [0.4, 0.5) is 0 Å². The molecule has 0 N–H and O–H groups in total. The molecule has 0 radical (unpaired) electrons. The average Bonchev–Trinajstić information content (AvgIpc) is 3.65. The van der Waals surface area contributed by atoms with Crippen LogP contribution in [0.1, 0.15) is 11.1 Å². The quantitative estimate of drug-likeness (QED) is 0.207. The summed E-state index contributed by atoms with van der Waals surface area (Å²) in [5, 5.41) is 1.03. The van der Waals surface area contributed by atoms with Crippen LogP contribution < -0.4 is 31.1 Å². The van der Waals surface area contributed by atoms with Crippen molar-refractivity contribution in [1.82, 2.24) is 0 Å². The van der Waals surface area contributed by atoms with E-state index < -0.39 is 88.7 Å². The molecular weight excluding hydrogens is 1040 g/mol. The van der Waals surface area contributed by atoms with Crippen LogP contribution in [0, 0.1) is 0 Å². The topological polar surface area (TPSA) is 111 Å². The second-order valence-electron chi connectivity index (χ2n) is 19.6. The van der Waals surface area contributed by atoms with Gasteiger partial charge in [0, 0.05) is 0 Å². The molecule has 9 heterocycles. The van der Waals surface area contributed by atoms with E-state index in [0.717, 1.165) is 42.2 Å². The molecule has 8 unspecified atom stereocenters. The van der Waals surface area contributed by atoms with Gasteiger partial charge in [0.15, 0.2) is 9.70 Å². The maximum Gasteiger partial charge on any atom is 0.536 e. The molecule has 0 aromatic heterocycles. The van der Waals surface area contributed by atoms with E-state index in [1.54, 1.807) is 0 Å². The van der Waals surface area contributed by atoms with Crippen molar-refractivity contribution in [2.75, 3.05) is 0 Å². The Balaban J connectivity index is 1.09. The van der Waals surface area contributed by atoms with Crippen molar-refractivity contribution in [3.8, 4) is 0 Å². The third kappa shape index (κ3) is 4.23. The fourth-order valence-electron chi connectivity index (χ4n) is 13.4. The highest BCUT2D eigenvalue weighted by molar-refractivity contribution is 7.26. The summed E-state index contributed by atoms with van der Waals surface area (Å²) in [4.78, 5) is -3.10. The first-order chi connectivity index (χ1) is 35.3. The van der Waals surface area contributed by atoms with E-state index in [2.05, 4.69) is 72.8 Å². The molecule has 9 fully saturated rings. The normalized spacial score (nSPS) is 42.4. The number of fused-ring (bicyclic) bond motifs is 4. The Morgan fingerprint density at radius 1 is 0.208 bits per heavy atom. The van der Waals surface area contributed by atoms with Gasteiger partial charge in [-0.3, -0.25) is 0 Å². The van der Waals surface area contributed by atoms with Crippen molar-refractivity contribution in [2.45, 2.75) is 19.8 Å². The molecule has 20 heteroatoms. The summed E-state index contributed by atoms with van der Waals surface area (Å²) in [6, 6.07) is 81.1. The van der Waals surface area contributed by atoms with Crippen LogP contribution in [0.5, 0.6) is 0 Å². The van der Waals surface area contributed by atoms with Crippen molar-refractivity contribution < 1.29 is 51.2 Å². The summed E-state index contributed by atoms with van der Waals surface area (Å²) >= 11 is 0. The molecule has 8 atom stereocenters. The Bertz CT molecular complexity index is 3300. The Hall–Kier alpha value is -4.98. The number of benzene rings is 8. The van der Waals surface area contributed by atoms with Crippen LogP contribution in [-0.2, 0) is 60.9 Å². The molecule has 72 heavy (non-hydrogen) atoms. The van der Waals surface area contributed by atoms with Gasteiger partial charge < -0.3 is 51.2 Å². The van der Waals surface area contributed by atoms with Crippen molar-refractivity contribution >= 4 is 100 Å². The van der Waals surface area contributed by atoms with E-state index in [4.69, 9.17) is 51.2 Å². The van der Waals surface area contributed by atoms with E-state index in [1.165, 1.54) is 0 Å². The lowest BCUT2D eigenvalue weighted by atomic mass is 10.2. The second-order valence-corrected chi connectivity index (χ2v) is 46.2. The summed E-state index contributed by atoms with van der Waals surface area (Å²) in [6.07, 6.45) is 0. The first-order valence-electron chi connectivity index (χ1n) is 24.2. The van der Waals surface area contributed by atoms with Crippen molar-refractivity contribution in [3.05, 3.63) is 254 Å². The van der Waals surface area contributed by atoms with E-state index in [-0.39, 0.29) is 0 Å². The third-order valence-electron chi connectivity index (χ3n) is 16.2. The molecule has 352 valence electrons. The van der Waals surface area contributed by atoms with Gasteiger partial charge in [-0.1, -0.05) is 243 Å². The number of hydrogen-bond donors (Lipinski definition) is 0. The first kappa shape index (κ1) is 42.4. The molecule has 0 amide bonds. The molecule has 17 rings (SSSR count). The fraction of sp³-hybridized carbons (Fsp3) is 0.0769. The third-order valence-corrected chi connectivity index (χ3v) is 59.5. The predicted octanol–water partition coefficient (Wildman–Crippen LogP) is 3.78. The SMILES string of the molecule is c1ccc(C23O[Si]4(c5ccccc5)O[Si]5(c6ccccc6)O[Si]6(c7ccccc7)O[Si]78OC9%10O[Si]2(OC45O7)O[Si]3(c2ccccc2)O[Si]9(c2ccccc2)O[Si]%10(c2ccccc2)OC86c2ccccc2)cc1. The highest BCUT2D eigenvalue weighted by Crippen LogP contribution is 2.79. The van der Waals surface area contributed by atoms with Crippen molar-refractivity contribution in [1.29, 1.82) is 0 Å². The zero-order valence-corrected chi connectivity index (χ0v) is 46.0. The number of hydrogen-bond acceptors (Lipinski definition) is 12. The average molecular weight is 1080 g/mol. The van der Waals surface area contributed by atoms with Gasteiger partial charge in [0.05, 0.1) is 0 Å². The zero-order chi connectivity index (χ0) is 47.4. The molecule has 8 aromatic rings. The van der Waals surface area contributed by atoms with E-state index >= 15 is 0 Å². The van der Waals surface area contributed by atoms with Crippen LogP contribution in [-0.4, -0.2) is 79.0 Å². The summed E-state index contributed by atoms with van der Waals surface area (Å²) in [7, 11) is -35.3. The first-order valence-corrected chi connectivity index (χ1v) is 38.5. The molecule has 12 nitrogen and oxygen atoms in total. The lowest BCUT2D eigenvalue weighted by molar-refractivity contribution is -0.262. The van der Waals surface area contributed by atoms with E-state index in [9.17, 15) is 0 Å². The molecule has 9 saturated heterocycles. The summed E-state index contributed by atoms with van der Waals surface area (Å²) in [5.74, 6) is 0. The van der Waals surface area contributed by atoms with Gasteiger partial charge in [-0.25, -0.2) is 0 Å². The van der Waals surface area contributed by atoms with Gasteiger partial charge in [0.1, 0.15) is 0 Å². The smallest absolute Gasteiger partial charge is 0.404 e. The standard InChI is InChI=1S/C52H40O12Si8/c1-9-25-41(26-10-1)49-53-67(45-33-17-5-18-34-45)51-55-71(49)57-52-56-72(58-51)50(42-27-11-2-12-28-42,66(64-72,44-31-15-4-16-32-44)60-70(51,61-67)48-39-23-8-24-40-48)54-68(52,46-35-19-6-20-36-46)62-69(52,47-37-21-7-22-38-47)59-65(49,63-71)43-29-13-3-14-30-43/h1-40H. The highest BCUT2D eigenvalue weighted by atomic mass is 28.6. The Kier molecular flexibility index (Phi) is 8.03. The lowest BCUT2D eigenvalue weighted by Gasteiger charge is -2.77. The molecule has 0 saturated carbocycles. The van der Waals surface area contributed by atoms with Gasteiger partial charge in [-0.15, -0.1) is 0 Å². The van der Waals surface area contributed by atoms with Crippen LogP contribution in [0.2, 0.25) is 0 Å². The molecule has 4 spiro atoms. The van der Waals surface area contributed by atoms with Crippen LogP contribution in [0.3, 0.4) is 0 Å². The van der Waals surface area contributed by atoms with Crippen LogP contribution >= 0.6 is 0 Å². The van der Waals surface area contributed by atoms with Crippen molar-refractivity contribution in [3.63, 3.8) is 0 Å². The Labute approximate surface area is 422 Å². The van der Waals surface area contributed by atoms with Gasteiger partial charge >= 0.3 is 69.0 Å². The summed E-state index contributed by atoms with van der Waals surface area (Å²) in [5.41, 5.74) is 1.54. The van der Waals surface area contributed by atoms with E-state index in [1.807, 2.05) is 170 Å². The molecule has 8 aromatic carbocycles. The summed E-state index contributed by atoms with van der Waals surface area (Å²) in [6.45, 7) is 0. The number of rotatable bonds is 8. The fourth-order valence-corrected chi connectivity index (χ4v) is 71.7. The summed E-state index contributed by atoms with van der Waals surface area (Å²) < 4.78 is 101. The lowest BCUT2D eigenvalue weighted by Crippen LogP contribution is -3.10. The molecule has 9 aliphatic heterocycles. The predicted molar refractivity (Wildman–Crippen MR) is 277 cm³/mol. The van der Waals surface area contributed by atoms with Gasteiger partial charge in [-0.05, 0) is 42.2 Å². The molecule has 9 aliphatic rings. The van der Waals surface area contributed by atoms with Crippen LogP contribution in [0.15, 0.2) is 243 Å². The van der Waals surface area contributed by atoms with E-state index in [0.29, 0.717) is 0 Å². The maximum atomic E-state index is 8.63. The molecule has 0 aliphatic carbocycles. The van der Waals surface area contributed by atoms with Crippen LogP contribution in [0.25, 0.3) is 0 Å². The molecular formula is C52H40O12Si8. The minimum absolute atomic E-state index is 0.767. The minimum atomic E-state index is -4.68. The van der Waals surface area contributed by atoms with Crippen molar-refractivity contribution in [2.24, 2.45) is 0 Å². The Morgan fingerprint density at radius 3 is 0.708 bits per heavy atom. The largest absolute Gasteiger partial charge is 0.536 e. The van der Waals surface area contributed by atoms with Gasteiger partial charge in [0.2, 0.25) is 10.1 Å². The second kappa shape index (κ2) is 13.6. The van der Waals surface area contributed by atoms with Gasteiger partial charge in [0.25, 0.3) is 0 Å². The van der Waals surface area contributed by atoms with Gasteiger partial charge in [-0.2, -0.15) is 0 Å². The zero-order valence-electron chi connectivity index (χ0n) is 38.0. The monoisotopic (exact) mass is 1080 g/mol.